The number of hydrogen-bond donors (Lipinski definition) is 2. The molecule has 0 spiro atoms. The molecule has 1 unspecified atom stereocenters. The van der Waals surface area contributed by atoms with Crippen molar-refractivity contribution in [3.8, 4) is 10.4 Å². The summed E-state index contributed by atoms with van der Waals surface area (Å²) >= 11 is 1.60. The molecule has 1 aliphatic rings. The number of aliphatic hydroxyl groups excluding tert-OH is 1. The number of benzene rings is 1. The molecule has 192 valence electrons. The van der Waals surface area contributed by atoms with E-state index in [0.717, 1.165) is 21.7 Å². The molecule has 1 aromatic carbocycles. The van der Waals surface area contributed by atoms with Gasteiger partial charge in [0, 0.05) is 19.0 Å². The van der Waals surface area contributed by atoms with Crippen LogP contribution in [-0.2, 0) is 9.59 Å². The molecule has 36 heavy (non-hydrogen) atoms. The number of β-amino-alcohol motifs (C(OH)–C–C–N with tert-alkyl or cyclic N) is 1. The fourth-order valence-electron chi connectivity index (χ4n) is 4.88. The van der Waals surface area contributed by atoms with E-state index in [2.05, 4.69) is 15.5 Å². The zero-order valence-electron chi connectivity index (χ0n) is 21.4. The number of carbonyl (C=O) groups is 2. The van der Waals surface area contributed by atoms with Gasteiger partial charge >= 0.3 is 0 Å². The van der Waals surface area contributed by atoms with Crippen molar-refractivity contribution in [2.45, 2.75) is 71.6 Å². The van der Waals surface area contributed by atoms with Gasteiger partial charge in [-0.1, -0.05) is 50.2 Å². The van der Waals surface area contributed by atoms with Crippen LogP contribution in [0, 0.1) is 19.8 Å². The number of carbonyl (C=O) groups excluding carboxylic acids is 2. The third kappa shape index (κ3) is 5.37. The standard InChI is InChI=1S/C27H34N4O4S/c1-6-21(18-7-9-19(10-8-18)25-17(5)28-14-36-25)29-26(33)22-12-20(32)13-31(22)27(34)24(15(2)3)23-11-16(4)30-35-23/h7-11,14-15,20-22,24,32H,6,12-13H2,1-5H3,(H,29,33)/t20-,21+,22?,24-/m1/s1. The lowest BCUT2D eigenvalue weighted by Crippen LogP contribution is -2.48. The maximum Gasteiger partial charge on any atom is 0.243 e. The Morgan fingerprint density at radius 3 is 2.53 bits per heavy atom. The van der Waals surface area contributed by atoms with Crippen LogP contribution in [0.2, 0.25) is 0 Å². The monoisotopic (exact) mass is 510 g/mol. The van der Waals surface area contributed by atoms with Crippen molar-refractivity contribution < 1.29 is 19.2 Å². The van der Waals surface area contributed by atoms with Crippen LogP contribution < -0.4 is 5.32 Å². The Morgan fingerprint density at radius 2 is 1.97 bits per heavy atom. The van der Waals surface area contributed by atoms with Crippen LogP contribution in [-0.4, -0.2) is 50.7 Å². The first-order valence-electron chi connectivity index (χ1n) is 12.4. The topological polar surface area (TPSA) is 109 Å². The van der Waals surface area contributed by atoms with E-state index < -0.39 is 18.1 Å². The molecule has 4 rings (SSSR count). The van der Waals surface area contributed by atoms with Crippen LogP contribution in [0.4, 0.5) is 0 Å². The summed E-state index contributed by atoms with van der Waals surface area (Å²) in [6.45, 7) is 9.80. The Balaban J connectivity index is 1.50. The number of hydrogen-bond acceptors (Lipinski definition) is 7. The first-order valence-corrected chi connectivity index (χ1v) is 13.3. The third-order valence-corrected chi connectivity index (χ3v) is 7.77. The minimum absolute atomic E-state index is 0.0598. The fraction of sp³-hybridized carbons (Fsp3) is 0.481. The van der Waals surface area contributed by atoms with Crippen molar-refractivity contribution in [2.75, 3.05) is 6.54 Å². The van der Waals surface area contributed by atoms with E-state index in [1.807, 2.05) is 57.5 Å². The van der Waals surface area contributed by atoms with E-state index in [4.69, 9.17) is 4.52 Å². The largest absolute Gasteiger partial charge is 0.391 e. The van der Waals surface area contributed by atoms with Crippen LogP contribution in [0.25, 0.3) is 10.4 Å². The lowest BCUT2D eigenvalue weighted by molar-refractivity contribution is -0.141. The quantitative estimate of drug-likeness (QED) is 0.465. The SMILES string of the molecule is CC[C@H](NC(=O)C1C[C@@H](O)CN1C(=O)[C@@H](c1cc(C)no1)C(C)C)c1ccc(-c2scnc2C)cc1. The van der Waals surface area contributed by atoms with Crippen LogP contribution in [0.3, 0.4) is 0 Å². The Bertz CT molecular complexity index is 1200. The molecule has 3 heterocycles. The predicted molar refractivity (Wildman–Crippen MR) is 138 cm³/mol. The molecule has 0 bridgehead atoms. The van der Waals surface area contributed by atoms with Crippen molar-refractivity contribution >= 4 is 23.2 Å². The molecule has 9 heteroatoms. The maximum absolute atomic E-state index is 13.6. The molecule has 1 aliphatic heterocycles. The molecule has 0 aliphatic carbocycles. The number of nitrogens with one attached hydrogen (secondary N) is 1. The molecule has 4 atom stereocenters. The molecular weight excluding hydrogens is 476 g/mol. The number of rotatable bonds is 8. The molecule has 0 saturated carbocycles. The second-order valence-electron chi connectivity index (χ2n) is 9.85. The van der Waals surface area contributed by atoms with Crippen molar-refractivity contribution in [3.63, 3.8) is 0 Å². The number of nitrogens with zero attached hydrogens (tertiary/aromatic N) is 3. The summed E-state index contributed by atoms with van der Waals surface area (Å²) in [5.74, 6) is -0.636. The van der Waals surface area contributed by atoms with Gasteiger partial charge < -0.3 is 19.8 Å². The third-order valence-electron chi connectivity index (χ3n) is 6.80. The number of likely N-dealkylation sites (tertiary alicyclic amines) is 1. The van der Waals surface area contributed by atoms with Crippen LogP contribution in [0.15, 0.2) is 40.4 Å². The highest BCUT2D eigenvalue weighted by Gasteiger charge is 2.43. The van der Waals surface area contributed by atoms with Crippen molar-refractivity contribution in [2.24, 2.45) is 5.92 Å². The van der Waals surface area contributed by atoms with Gasteiger partial charge in [-0.25, -0.2) is 4.98 Å². The minimum Gasteiger partial charge on any atom is -0.391 e. The van der Waals surface area contributed by atoms with Gasteiger partial charge in [0.25, 0.3) is 0 Å². The smallest absolute Gasteiger partial charge is 0.243 e. The molecule has 2 aromatic heterocycles. The first-order chi connectivity index (χ1) is 17.2. The number of aromatic nitrogens is 2. The summed E-state index contributed by atoms with van der Waals surface area (Å²) in [6.07, 6.45) is 0.147. The Morgan fingerprint density at radius 1 is 1.25 bits per heavy atom. The summed E-state index contributed by atoms with van der Waals surface area (Å²) in [6, 6.07) is 8.95. The lowest BCUT2D eigenvalue weighted by Gasteiger charge is -2.30. The first kappa shape index (κ1) is 26.0. The zero-order chi connectivity index (χ0) is 26.0. The molecular formula is C27H34N4O4S. The van der Waals surface area contributed by atoms with Gasteiger partial charge in [0.05, 0.1) is 33.9 Å². The Hall–Kier alpha value is -3.04. The van der Waals surface area contributed by atoms with E-state index in [9.17, 15) is 14.7 Å². The predicted octanol–water partition coefficient (Wildman–Crippen LogP) is 4.38. The molecule has 1 saturated heterocycles. The summed E-state index contributed by atoms with van der Waals surface area (Å²) < 4.78 is 5.41. The number of thiazole rings is 1. The number of amides is 2. The van der Waals surface area contributed by atoms with Gasteiger partial charge in [-0.2, -0.15) is 0 Å². The number of aliphatic hydroxyl groups is 1. The molecule has 2 N–H and O–H groups in total. The van der Waals surface area contributed by atoms with E-state index >= 15 is 0 Å². The molecule has 8 nitrogen and oxygen atoms in total. The second kappa shape index (κ2) is 10.9. The van der Waals surface area contributed by atoms with Crippen molar-refractivity contribution in [1.29, 1.82) is 0 Å². The molecule has 3 aromatic rings. The lowest BCUT2D eigenvalue weighted by atomic mass is 9.91. The van der Waals surface area contributed by atoms with E-state index in [0.29, 0.717) is 17.9 Å². The molecule has 1 fully saturated rings. The number of aryl methyl sites for hydroxylation is 2. The van der Waals surface area contributed by atoms with Crippen LogP contribution in [0.1, 0.15) is 68.3 Å². The fourth-order valence-corrected chi connectivity index (χ4v) is 5.70. The second-order valence-corrected chi connectivity index (χ2v) is 10.7. The van der Waals surface area contributed by atoms with Crippen molar-refractivity contribution in [1.82, 2.24) is 20.4 Å². The van der Waals surface area contributed by atoms with Crippen LogP contribution in [0.5, 0.6) is 0 Å². The summed E-state index contributed by atoms with van der Waals surface area (Å²) in [4.78, 5) is 34.0. The normalized spacial score (nSPS) is 19.5. The average Bonchev–Trinajstić information content (AvgIpc) is 3.57. The highest BCUT2D eigenvalue weighted by molar-refractivity contribution is 7.13. The van der Waals surface area contributed by atoms with Crippen LogP contribution >= 0.6 is 11.3 Å². The van der Waals surface area contributed by atoms with E-state index in [1.165, 1.54) is 4.90 Å². The summed E-state index contributed by atoms with van der Waals surface area (Å²) in [5, 5.41) is 17.5. The van der Waals surface area contributed by atoms with E-state index in [-0.39, 0.29) is 36.7 Å². The molecule has 0 radical (unpaired) electrons. The van der Waals surface area contributed by atoms with E-state index in [1.54, 1.807) is 24.3 Å². The zero-order valence-corrected chi connectivity index (χ0v) is 22.2. The molecule has 2 amide bonds. The summed E-state index contributed by atoms with van der Waals surface area (Å²) in [7, 11) is 0. The summed E-state index contributed by atoms with van der Waals surface area (Å²) in [5.41, 5.74) is 5.62. The Kier molecular flexibility index (Phi) is 7.90. The van der Waals surface area contributed by atoms with Gasteiger partial charge in [-0.3, -0.25) is 9.59 Å². The minimum atomic E-state index is -0.754. The highest BCUT2D eigenvalue weighted by Crippen LogP contribution is 2.32. The van der Waals surface area contributed by atoms with Gasteiger partial charge in [0.2, 0.25) is 11.8 Å². The van der Waals surface area contributed by atoms with Crippen molar-refractivity contribution in [3.05, 3.63) is 58.6 Å². The van der Waals surface area contributed by atoms with Gasteiger partial charge in [-0.15, -0.1) is 11.3 Å². The van der Waals surface area contributed by atoms with Gasteiger partial charge in [0.15, 0.2) is 0 Å². The highest BCUT2D eigenvalue weighted by atomic mass is 32.1. The Labute approximate surface area is 215 Å². The van der Waals surface area contributed by atoms with Gasteiger partial charge in [-0.05, 0) is 37.3 Å². The maximum atomic E-state index is 13.6. The van der Waals surface area contributed by atoms with Gasteiger partial charge in [0.1, 0.15) is 17.7 Å². The average molecular weight is 511 g/mol.